The fourth-order valence-corrected chi connectivity index (χ4v) is 2.71. The largest absolute Gasteiger partial charge is 0.497 e. The van der Waals surface area contributed by atoms with Crippen molar-refractivity contribution < 1.29 is 28.7 Å². The standard InChI is InChI=1S/C17H16BClO6/c1-22-12-2-4-13(5-3-12)23-6-7-24-17(20)14-9-15-11(8-16(14)19)10-25-18(15)21/h2-5,8-9,21H,6-7,10H2,1H3. The normalized spacial score (nSPS) is 12.7. The van der Waals surface area contributed by atoms with Gasteiger partial charge in [-0.05, 0) is 47.4 Å². The fourth-order valence-electron chi connectivity index (χ4n) is 2.44. The van der Waals surface area contributed by atoms with E-state index in [1.165, 1.54) is 6.07 Å². The van der Waals surface area contributed by atoms with Crippen molar-refractivity contribution in [3.05, 3.63) is 52.5 Å². The van der Waals surface area contributed by atoms with Gasteiger partial charge in [0.25, 0.3) is 0 Å². The zero-order valence-electron chi connectivity index (χ0n) is 13.5. The molecule has 1 aliphatic rings. The lowest BCUT2D eigenvalue weighted by Gasteiger charge is -2.10. The van der Waals surface area contributed by atoms with Gasteiger partial charge in [-0.2, -0.15) is 0 Å². The van der Waals surface area contributed by atoms with E-state index in [9.17, 15) is 9.82 Å². The van der Waals surface area contributed by atoms with Gasteiger partial charge in [-0.1, -0.05) is 11.6 Å². The predicted octanol–water partition coefficient (Wildman–Crippen LogP) is 1.80. The van der Waals surface area contributed by atoms with Crippen LogP contribution in [-0.4, -0.2) is 38.4 Å². The summed E-state index contributed by atoms with van der Waals surface area (Å²) < 4.78 is 20.8. The molecule has 3 rings (SSSR count). The van der Waals surface area contributed by atoms with E-state index in [1.54, 1.807) is 37.4 Å². The van der Waals surface area contributed by atoms with E-state index in [0.717, 1.165) is 11.3 Å². The summed E-state index contributed by atoms with van der Waals surface area (Å²) >= 11 is 6.11. The molecule has 1 aliphatic heterocycles. The Morgan fingerprint density at radius 3 is 2.68 bits per heavy atom. The number of hydrogen-bond acceptors (Lipinski definition) is 6. The van der Waals surface area contributed by atoms with Crippen LogP contribution in [0.1, 0.15) is 15.9 Å². The maximum Gasteiger partial charge on any atom is 0.491 e. The van der Waals surface area contributed by atoms with Crippen LogP contribution in [0, 0.1) is 0 Å². The van der Waals surface area contributed by atoms with Gasteiger partial charge in [-0.25, -0.2) is 4.79 Å². The molecule has 0 radical (unpaired) electrons. The minimum Gasteiger partial charge on any atom is -0.497 e. The van der Waals surface area contributed by atoms with Crippen LogP contribution in [0.2, 0.25) is 5.02 Å². The van der Waals surface area contributed by atoms with Gasteiger partial charge in [0.15, 0.2) is 0 Å². The molecule has 0 amide bonds. The van der Waals surface area contributed by atoms with Gasteiger partial charge in [0, 0.05) is 0 Å². The second kappa shape index (κ2) is 7.78. The summed E-state index contributed by atoms with van der Waals surface area (Å²) in [4.78, 5) is 12.2. The maximum atomic E-state index is 12.2. The monoisotopic (exact) mass is 362 g/mol. The van der Waals surface area contributed by atoms with E-state index in [4.69, 9.17) is 30.5 Å². The Morgan fingerprint density at radius 2 is 1.96 bits per heavy atom. The van der Waals surface area contributed by atoms with Crippen molar-refractivity contribution >= 4 is 30.2 Å². The molecule has 1 N–H and O–H groups in total. The van der Waals surface area contributed by atoms with Crippen LogP contribution in [0.25, 0.3) is 0 Å². The van der Waals surface area contributed by atoms with Gasteiger partial charge in [0.1, 0.15) is 24.7 Å². The van der Waals surface area contributed by atoms with E-state index in [0.29, 0.717) is 11.2 Å². The SMILES string of the molecule is COc1ccc(OCCOC(=O)c2cc3c(cc2Cl)COB3O)cc1. The number of fused-ring (bicyclic) bond motifs is 1. The van der Waals surface area contributed by atoms with Crippen LogP contribution in [-0.2, 0) is 16.0 Å². The molecule has 6 nitrogen and oxygen atoms in total. The van der Waals surface area contributed by atoms with Crippen LogP contribution in [0.15, 0.2) is 36.4 Å². The Bertz CT molecular complexity index is 764. The molecule has 0 saturated carbocycles. The molecule has 0 spiro atoms. The summed E-state index contributed by atoms with van der Waals surface area (Å²) in [6.45, 7) is 0.533. The first-order chi connectivity index (χ1) is 12.1. The molecule has 25 heavy (non-hydrogen) atoms. The van der Waals surface area contributed by atoms with Crippen molar-refractivity contribution in [2.75, 3.05) is 20.3 Å². The van der Waals surface area contributed by atoms with Gasteiger partial charge in [0.05, 0.1) is 24.3 Å². The van der Waals surface area contributed by atoms with Crippen molar-refractivity contribution in [1.29, 1.82) is 0 Å². The van der Waals surface area contributed by atoms with Crippen molar-refractivity contribution in [3.8, 4) is 11.5 Å². The van der Waals surface area contributed by atoms with E-state index >= 15 is 0 Å². The van der Waals surface area contributed by atoms with Gasteiger partial charge in [0.2, 0.25) is 0 Å². The Kier molecular flexibility index (Phi) is 5.48. The molecule has 2 aromatic rings. The third-order valence-electron chi connectivity index (χ3n) is 3.76. The average Bonchev–Trinajstić information content (AvgIpc) is 2.98. The zero-order valence-corrected chi connectivity index (χ0v) is 14.3. The van der Waals surface area contributed by atoms with E-state index in [-0.39, 0.29) is 30.4 Å². The van der Waals surface area contributed by atoms with Crippen LogP contribution >= 0.6 is 11.6 Å². The molecule has 0 aromatic heterocycles. The van der Waals surface area contributed by atoms with Crippen LogP contribution < -0.4 is 14.9 Å². The number of benzene rings is 2. The molecule has 0 fully saturated rings. The molecule has 0 unspecified atom stereocenters. The quantitative estimate of drug-likeness (QED) is 0.480. The summed E-state index contributed by atoms with van der Waals surface area (Å²) in [7, 11) is 0.544. The lowest BCUT2D eigenvalue weighted by molar-refractivity contribution is 0.0450. The second-order valence-corrected chi connectivity index (χ2v) is 5.76. The molecule has 0 saturated heterocycles. The van der Waals surface area contributed by atoms with Gasteiger partial charge < -0.3 is 23.9 Å². The number of halogens is 1. The third kappa shape index (κ3) is 4.07. The molecular formula is C17H16BClO6. The Hall–Kier alpha value is -2.22. The molecule has 8 heteroatoms. The van der Waals surface area contributed by atoms with Crippen molar-refractivity contribution in [2.24, 2.45) is 0 Å². The Morgan fingerprint density at radius 1 is 1.24 bits per heavy atom. The molecule has 0 bridgehead atoms. The van der Waals surface area contributed by atoms with Crippen molar-refractivity contribution in [3.63, 3.8) is 0 Å². The lowest BCUT2D eigenvalue weighted by atomic mass is 9.79. The average molecular weight is 363 g/mol. The first kappa shape index (κ1) is 17.6. The van der Waals surface area contributed by atoms with Crippen LogP contribution in [0.4, 0.5) is 0 Å². The Balaban J connectivity index is 1.53. The number of ether oxygens (including phenoxy) is 3. The van der Waals surface area contributed by atoms with Gasteiger partial charge in [-0.3, -0.25) is 0 Å². The van der Waals surface area contributed by atoms with Gasteiger partial charge >= 0.3 is 13.1 Å². The number of methoxy groups -OCH3 is 1. The number of hydrogen-bond donors (Lipinski definition) is 1. The summed E-state index contributed by atoms with van der Waals surface area (Å²) in [5.41, 5.74) is 1.48. The topological polar surface area (TPSA) is 74.2 Å². The Labute approximate surface area is 150 Å². The number of carbonyl (C=O) groups is 1. The van der Waals surface area contributed by atoms with E-state index < -0.39 is 13.1 Å². The highest BCUT2D eigenvalue weighted by Gasteiger charge is 2.29. The maximum absolute atomic E-state index is 12.2. The first-order valence-corrected chi connectivity index (χ1v) is 8.02. The highest BCUT2D eigenvalue weighted by Crippen LogP contribution is 2.21. The molecule has 0 aliphatic carbocycles. The van der Waals surface area contributed by atoms with Gasteiger partial charge in [-0.15, -0.1) is 0 Å². The zero-order chi connectivity index (χ0) is 17.8. The van der Waals surface area contributed by atoms with Crippen molar-refractivity contribution in [1.82, 2.24) is 0 Å². The summed E-state index contributed by atoms with van der Waals surface area (Å²) in [5, 5.41) is 9.97. The van der Waals surface area contributed by atoms with E-state index in [1.807, 2.05) is 0 Å². The smallest absolute Gasteiger partial charge is 0.491 e. The highest BCUT2D eigenvalue weighted by atomic mass is 35.5. The highest BCUT2D eigenvalue weighted by molar-refractivity contribution is 6.61. The molecular weight excluding hydrogens is 346 g/mol. The van der Waals surface area contributed by atoms with E-state index in [2.05, 4.69) is 0 Å². The molecule has 130 valence electrons. The number of carbonyl (C=O) groups excluding carboxylic acids is 1. The summed E-state index contributed by atoms with van der Waals surface area (Å²) in [5.74, 6) is 0.800. The van der Waals surface area contributed by atoms with Crippen LogP contribution in [0.3, 0.4) is 0 Å². The minimum atomic E-state index is -1.04. The second-order valence-electron chi connectivity index (χ2n) is 5.35. The molecule has 0 atom stereocenters. The van der Waals surface area contributed by atoms with Crippen LogP contribution in [0.5, 0.6) is 11.5 Å². The first-order valence-electron chi connectivity index (χ1n) is 7.64. The minimum absolute atomic E-state index is 0.0668. The summed E-state index contributed by atoms with van der Waals surface area (Å²) in [6.07, 6.45) is 0. The number of rotatable bonds is 6. The predicted molar refractivity (Wildman–Crippen MR) is 92.6 cm³/mol. The summed E-state index contributed by atoms with van der Waals surface area (Å²) in [6, 6.07) is 10.2. The fraction of sp³-hybridized carbons (Fsp3) is 0.235. The molecule has 2 aromatic carbocycles. The molecule has 1 heterocycles. The van der Waals surface area contributed by atoms with Crippen molar-refractivity contribution in [2.45, 2.75) is 6.61 Å². The third-order valence-corrected chi connectivity index (χ3v) is 4.07. The number of esters is 1. The lowest BCUT2D eigenvalue weighted by Crippen LogP contribution is -2.29.